The van der Waals surface area contributed by atoms with Crippen molar-refractivity contribution in [2.75, 3.05) is 0 Å². The second-order valence-corrected chi connectivity index (χ2v) is 5.87. The van der Waals surface area contributed by atoms with E-state index in [-0.39, 0.29) is 5.54 Å². The highest BCUT2D eigenvalue weighted by Crippen LogP contribution is 2.62. The highest BCUT2D eigenvalue weighted by Gasteiger charge is 2.65. The molecular formula is C14H17N3. The molecule has 3 nitrogen and oxygen atoms in total. The van der Waals surface area contributed by atoms with Crippen molar-refractivity contribution in [1.29, 1.82) is 0 Å². The molecule has 3 aliphatic rings. The van der Waals surface area contributed by atoms with Gasteiger partial charge in [0.15, 0.2) is 11.3 Å². The van der Waals surface area contributed by atoms with Crippen LogP contribution in [0.25, 0.3) is 5.84 Å². The number of nitrogens with zero attached hydrogens (tertiary/aromatic N) is 2. The standard InChI is InChI=1S/C14H17N3/c15-17-12-4-1-5-13(12)6-7-14(17,10-13)11-3-2-8-16-9-11/h2-3,8-9,15H,1,4-7,10H2/t13?,14-/m0/s1. The molecule has 2 saturated carbocycles. The summed E-state index contributed by atoms with van der Waals surface area (Å²) in [6, 6.07) is 4.15. The molecule has 4 rings (SSSR count). The van der Waals surface area contributed by atoms with Crippen molar-refractivity contribution in [3.8, 4) is 0 Å². The van der Waals surface area contributed by atoms with Crippen LogP contribution in [0.15, 0.2) is 24.5 Å². The Hall–Kier alpha value is -1.38. The average molecular weight is 227 g/mol. The maximum absolute atomic E-state index is 8.50. The quantitative estimate of drug-likeness (QED) is 0.680. The van der Waals surface area contributed by atoms with Crippen LogP contribution in [0.5, 0.6) is 0 Å². The summed E-state index contributed by atoms with van der Waals surface area (Å²) in [7, 11) is 0. The minimum atomic E-state index is -0.0516. The molecular weight excluding hydrogens is 210 g/mol. The summed E-state index contributed by atoms with van der Waals surface area (Å²) in [6.45, 7) is 0. The number of hydrogen-bond donors (Lipinski definition) is 0. The zero-order valence-corrected chi connectivity index (χ0v) is 9.95. The summed E-state index contributed by atoms with van der Waals surface area (Å²) in [4.78, 5) is 4.25. The smallest absolute Gasteiger partial charge is 0.185 e. The summed E-state index contributed by atoms with van der Waals surface area (Å²) in [5, 5.41) is 0. The Balaban J connectivity index is 1.90. The van der Waals surface area contributed by atoms with Gasteiger partial charge in [0.05, 0.1) is 5.41 Å². The summed E-state index contributed by atoms with van der Waals surface area (Å²) in [6.07, 6.45) is 11.1. The molecule has 1 unspecified atom stereocenters. The summed E-state index contributed by atoms with van der Waals surface area (Å²) >= 11 is 0. The fraction of sp³-hybridized carbons (Fsp3) is 0.571. The topological polar surface area (TPSA) is 39.7 Å². The molecule has 0 radical (unpaired) electrons. The Kier molecular flexibility index (Phi) is 1.64. The van der Waals surface area contributed by atoms with Crippen LogP contribution in [0.4, 0.5) is 0 Å². The molecule has 2 fully saturated rings. The van der Waals surface area contributed by atoms with Crippen LogP contribution < -0.4 is 0 Å². The van der Waals surface area contributed by atoms with E-state index in [9.17, 15) is 0 Å². The first kappa shape index (κ1) is 9.63. The van der Waals surface area contributed by atoms with Crippen LogP contribution in [0.2, 0.25) is 0 Å². The van der Waals surface area contributed by atoms with Gasteiger partial charge in [0.25, 0.3) is 0 Å². The molecule has 2 heterocycles. The van der Waals surface area contributed by atoms with E-state index in [4.69, 9.17) is 5.84 Å². The van der Waals surface area contributed by atoms with E-state index in [2.05, 4.69) is 11.1 Å². The Morgan fingerprint density at radius 1 is 1.29 bits per heavy atom. The summed E-state index contributed by atoms with van der Waals surface area (Å²) in [5.74, 6) is 8.50. The molecule has 0 amide bonds. The minimum absolute atomic E-state index is 0.0516. The number of nitrogens with one attached hydrogen (secondary N) is 1. The number of hydrogen-bond acceptors (Lipinski definition) is 1. The molecule has 1 spiro atoms. The van der Waals surface area contributed by atoms with E-state index < -0.39 is 0 Å². The molecule has 2 atom stereocenters. The number of rotatable bonds is 1. The second kappa shape index (κ2) is 2.89. The lowest BCUT2D eigenvalue weighted by atomic mass is 9.83. The normalized spacial score (nSPS) is 38.8. The van der Waals surface area contributed by atoms with Crippen molar-refractivity contribution in [3.05, 3.63) is 35.9 Å². The molecule has 1 N–H and O–H groups in total. The van der Waals surface area contributed by atoms with Gasteiger partial charge in [-0.25, -0.2) is 0 Å². The van der Waals surface area contributed by atoms with Crippen molar-refractivity contribution >= 4 is 5.71 Å². The average Bonchev–Trinajstić information content (AvgIpc) is 3.01. The van der Waals surface area contributed by atoms with Gasteiger partial charge in [0, 0.05) is 37.2 Å². The molecule has 1 aromatic rings. The number of pyridine rings is 1. The van der Waals surface area contributed by atoms with Crippen LogP contribution >= 0.6 is 0 Å². The summed E-state index contributed by atoms with van der Waals surface area (Å²) in [5.41, 5.74) is 2.99. The molecule has 2 bridgehead atoms. The molecule has 3 heteroatoms. The van der Waals surface area contributed by atoms with Gasteiger partial charge in [-0.3, -0.25) is 9.67 Å². The Morgan fingerprint density at radius 3 is 3.00 bits per heavy atom. The molecule has 1 aromatic heterocycles. The second-order valence-electron chi connectivity index (χ2n) is 5.87. The zero-order valence-electron chi connectivity index (χ0n) is 9.95. The largest absolute Gasteiger partial charge is 0.454 e. The van der Waals surface area contributed by atoms with Crippen LogP contribution in [0, 0.1) is 5.41 Å². The molecule has 17 heavy (non-hydrogen) atoms. The third-order valence-electron chi connectivity index (χ3n) is 5.23. The number of fused-ring (bicyclic) bond motifs is 1. The van der Waals surface area contributed by atoms with Crippen molar-refractivity contribution < 1.29 is 4.68 Å². The van der Waals surface area contributed by atoms with Crippen LogP contribution in [-0.2, 0) is 5.54 Å². The molecule has 2 aliphatic carbocycles. The van der Waals surface area contributed by atoms with Crippen LogP contribution in [-0.4, -0.2) is 15.4 Å². The first-order chi connectivity index (χ1) is 8.27. The van der Waals surface area contributed by atoms with Gasteiger partial charge in [0.2, 0.25) is 0 Å². The third kappa shape index (κ3) is 0.985. The Morgan fingerprint density at radius 2 is 2.24 bits per heavy atom. The molecule has 1 aliphatic heterocycles. The predicted molar refractivity (Wildman–Crippen MR) is 65.6 cm³/mol. The van der Waals surface area contributed by atoms with E-state index in [1.54, 1.807) is 0 Å². The SMILES string of the molecule is [NH-][N+]1=C2CCCC23CC[C@@]1(c1cccnc1)C3. The maximum atomic E-state index is 8.50. The van der Waals surface area contributed by atoms with Crippen molar-refractivity contribution in [2.45, 2.75) is 44.1 Å². The van der Waals surface area contributed by atoms with E-state index in [1.165, 1.54) is 30.5 Å². The van der Waals surface area contributed by atoms with E-state index >= 15 is 0 Å². The van der Waals surface area contributed by atoms with E-state index in [0.29, 0.717) is 5.41 Å². The fourth-order valence-electron chi connectivity index (χ4n) is 4.46. The van der Waals surface area contributed by atoms with Crippen LogP contribution in [0.3, 0.4) is 0 Å². The fourth-order valence-corrected chi connectivity index (χ4v) is 4.46. The van der Waals surface area contributed by atoms with Crippen LogP contribution in [0.1, 0.15) is 44.1 Å². The monoisotopic (exact) mass is 227 g/mol. The first-order valence-electron chi connectivity index (χ1n) is 6.55. The van der Waals surface area contributed by atoms with Gasteiger partial charge < -0.3 is 5.84 Å². The van der Waals surface area contributed by atoms with Gasteiger partial charge >= 0.3 is 0 Å². The van der Waals surface area contributed by atoms with Crippen molar-refractivity contribution in [2.24, 2.45) is 5.41 Å². The molecule has 0 aromatic carbocycles. The Labute approximate surface area is 101 Å². The van der Waals surface area contributed by atoms with Crippen molar-refractivity contribution in [3.63, 3.8) is 0 Å². The lowest BCUT2D eigenvalue weighted by Crippen LogP contribution is -2.34. The summed E-state index contributed by atoms with van der Waals surface area (Å²) < 4.78 is 1.86. The predicted octanol–water partition coefficient (Wildman–Crippen LogP) is 3.07. The minimum Gasteiger partial charge on any atom is -0.454 e. The van der Waals surface area contributed by atoms with E-state index in [0.717, 1.165) is 19.3 Å². The zero-order chi connectivity index (χ0) is 11.5. The van der Waals surface area contributed by atoms with Gasteiger partial charge in [-0.05, 0) is 31.4 Å². The first-order valence-corrected chi connectivity index (χ1v) is 6.55. The lowest BCUT2D eigenvalue weighted by molar-refractivity contribution is -0.553. The van der Waals surface area contributed by atoms with Gasteiger partial charge in [-0.2, -0.15) is 0 Å². The van der Waals surface area contributed by atoms with Crippen molar-refractivity contribution in [1.82, 2.24) is 4.98 Å². The third-order valence-corrected chi connectivity index (χ3v) is 5.23. The van der Waals surface area contributed by atoms with E-state index in [1.807, 2.05) is 23.1 Å². The molecule has 88 valence electrons. The lowest BCUT2D eigenvalue weighted by Gasteiger charge is -2.28. The van der Waals surface area contributed by atoms with Gasteiger partial charge in [0.1, 0.15) is 0 Å². The van der Waals surface area contributed by atoms with Gasteiger partial charge in [-0.1, -0.05) is 0 Å². The maximum Gasteiger partial charge on any atom is 0.185 e. The number of aromatic nitrogens is 1. The van der Waals surface area contributed by atoms with Gasteiger partial charge in [-0.15, -0.1) is 0 Å². The Bertz CT molecular complexity index is 507. The molecule has 0 saturated heterocycles. The highest BCUT2D eigenvalue weighted by atomic mass is 15.4. The highest BCUT2D eigenvalue weighted by molar-refractivity contribution is 5.90.